The monoisotopic (exact) mass is 301 g/mol. The molecule has 0 saturated carbocycles. The number of hydrogen-bond acceptors (Lipinski definition) is 5. The third kappa shape index (κ3) is 3.03. The first kappa shape index (κ1) is 15.4. The summed E-state index contributed by atoms with van der Waals surface area (Å²) in [4.78, 5) is 6.22. The first-order valence-corrected chi connectivity index (χ1v) is 8.39. The van der Waals surface area contributed by atoms with Crippen molar-refractivity contribution in [1.82, 2.24) is 18.8 Å². The molecule has 1 aliphatic rings. The molecule has 20 heavy (non-hydrogen) atoms. The molecule has 1 atom stereocenters. The Morgan fingerprint density at radius 3 is 2.50 bits per heavy atom. The van der Waals surface area contributed by atoms with Gasteiger partial charge in [0.05, 0.1) is 6.33 Å². The number of aryl methyl sites for hydroxylation is 1. The quantitative estimate of drug-likeness (QED) is 0.797. The van der Waals surface area contributed by atoms with E-state index >= 15 is 0 Å². The van der Waals surface area contributed by atoms with E-state index < -0.39 is 10.0 Å². The SMILES string of the molecule is CCn1cnc(S(=O)(=O)N2CCN(C(C)CN)CC2)c1. The van der Waals surface area contributed by atoms with Crippen LogP contribution in [0.25, 0.3) is 0 Å². The molecule has 0 radical (unpaired) electrons. The third-order valence-corrected chi connectivity index (χ3v) is 5.60. The minimum Gasteiger partial charge on any atom is -0.336 e. The molecular formula is C12H23N5O2S. The predicted octanol–water partition coefficient (Wildman–Crippen LogP) is -0.443. The van der Waals surface area contributed by atoms with Crippen molar-refractivity contribution in [3.05, 3.63) is 12.5 Å². The lowest BCUT2D eigenvalue weighted by molar-refractivity contribution is 0.148. The standard InChI is InChI=1S/C12H23N5O2S/c1-3-15-9-12(14-10-15)20(18,19)17-6-4-16(5-7-17)11(2)8-13/h9-11H,3-8,13H2,1-2H3. The van der Waals surface area contributed by atoms with E-state index in [1.807, 2.05) is 6.92 Å². The van der Waals surface area contributed by atoms with Crippen LogP contribution in [-0.2, 0) is 16.6 Å². The average molecular weight is 301 g/mol. The van der Waals surface area contributed by atoms with Gasteiger partial charge in [-0.3, -0.25) is 4.90 Å². The van der Waals surface area contributed by atoms with Gasteiger partial charge in [-0.15, -0.1) is 0 Å². The molecule has 0 aromatic carbocycles. The molecule has 1 aromatic rings. The van der Waals surface area contributed by atoms with E-state index in [2.05, 4.69) is 16.8 Å². The molecule has 114 valence electrons. The van der Waals surface area contributed by atoms with Crippen LogP contribution in [0.2, 0.25) is 0 Å². The lowest BCUT2D eigenvalue weighted by Gasteiger charge is -2.36. The van der Waals surface area contributed by atoms with Crippen molar-refractivity contribution < 1.29 is 8.42 Å². The highest BCUT2D eigenvalue weighted by Crippen LogP contribution is 2.16. The zero-order valence-corrected chi connectivity index (χ0v) is 12.9. The molecule has 1 aromatic heterocycles. The molecule has 7 nitrogen and oxygen atoms in total. The Bertz CT molecular complexity index is 534. The molecule has 1 aliphatic heterocycles. The number of piperazine rings is 1. The van der Waals surface area contributed by atoms with Crippen LogP contribution in [0.5, 0.6) is 0 Å². The smallest absolute Gasteiger partial charge is 0.262 e. The van der Waals surface area contributed by atoms with Gasteiger partial charge in [-0.25, -0.2) is 13.4 Å². The van der Waals surface area contributed by atoms with Gasteiger partial charge in [0, 0.05) is 51.5 Å². The summed E-state index contributed by atoms with van der Waals surface area (Å²) in [6.45, 7) is 7.73. The normalized spacial score (nSPS) is 20.1. The lowest BCUT2D eigenvalue weighted by atomic mass is 10.2. The number of aromatic nitrogens is 2. The van der Waals surface area contributed by atoms with Gasteiger partial charge in [-0.2, -0.15) is 4.31 Å². The molecule has 2 heterocycles. The van der Waals surface area contributed by atoms with Gasteiger partial charge in [-0.1, -0.05) is 0 Å². The van der Waals surface area contributed by atoms with Gasteiger partial charge in [0.2, 0.25) is 0 Å². The van der Waals surface area contributed by atoms with Crippen molar-refractivity contribution in [3.8, 4) is 0 Å². The molecule has 2 N–H and O–H groups in total. The Labute approximate surface area is 120 Å². The summed E-state index contributed by atoms with van der Waals surface area (Å²) in [7, 11) is -3.46. The maximum Gasteiger partial charge on any atom is 0.262 e. The zero-order chi connectivity index (χ0) is 14.8. The highest BCUT2D eigenvalue weighted by Gasteiger charge is 2.31. The third-order valence-electron chi connectivity index (χ3n) is 3.82. The molecule has 0 bridgehead atoms. The lowest BCUT2D eigenvalue weighted by Crippen LogP contribution is -2.52. The summed E-state index contributed by atoms with van der Waals surface area (Å²) in [6.07, 6.45) is 3.14. The Kier molecular flexibility index (Phi) is 4.79. The largest absolute Gasteiger partial charge is 0.336 e. The fraction of sp³-hybridized carbons (Fsp3) is 0.750. The van der Waals surface area contributed by atoms with E-state index in [-0.39, 0.29) is 5.03 Å². The summed E-state index contributed by atoms with van der Waals surface area (Å²) < 4.78 is 28.2. The van der Waals surface area contributed by atoms with Gasteiger partial charge < -0.3 is 10.3 Å². The Balaban J connectivity index is 2.05. The second-order valence-electron chi connectivity index (χ2n) is 5.07. The van der Waals surface area contributed by atoms with Gasteiger partial charge in [-0.05, 0) is 13.8 Å². The first-order valence-electron chi connectivity index (χ1n) is 6.95. The van der Waals surface area contributed by atoms with Crippen LogP contribution in [0.15, 0.2) is 17.6 Å². The fourth-order valence-electron chi connectivity index (χ4n) is 2.31. The molecule has 1 unspecified atom stereocenters. The minimum atomic E-state index is -3.46. The summed E-state index contributed by atoms with van der Waals surface area (Å²) in [5.41, 5.74) is 5.65. The first-order chi connectivity index (χ1) is 9.48. The molecule has 2 rings (SSSR count). The number of sulfonamides is 1. The predicted molar refractivity (Wildman–Crippen MR) is 76.7 cm³/mol. The van der Waals surface area contributed by atoms with Gasteiger partial charge >= 0.3 is 0 Å². The van der Waals surface area contributed by atoms with Crippen molar-refractivity contribution in [2.75, 3.05) is 32.7 Å². The van der Waals surface area contributed by atoms with Gasteiger partial charge in [0.15, 0.2) is 5.03 Å². The summed E-state index contributed by atoms with van der Waals surface area (Å²) in [6, 6.07) is 0.291. The number of imidazole rings is 1. The highest BCUT2D eigenvalue weighted by molar-refractivity contribution is 7.89. The van der Waals surface area contributed by atoms with Gasteiger partial charge in [0.25, 0.3) is 10.0 Å². The van der Waals surface area contributed by atoms with Crippen molar-refractivity contribution in [3.63, 3.8) is 0 Å². The van der Waals surface area contributed by atoms with E-state index in [0.717, 1.165) is 0 Å². The molecule has 0 spiro atoms. The van der Waals surface area contributed by atoms with E-state index in [1.54, 1.807) is 17.1 Å². The van der Waals surface area contributed by atoms with Crippen molar-refractivity contribution in [1.29, 1.82) is 0 Å². The van der Waals surface area contributed by atoms with E-state index in [0.29, 0.717) is 45.3 Å². The Morgan fingerprint density at radius 2 is 2.00 bits per heavy atom. The molecule has 8 heteroatoms. The minimum absolute atomic E-state index is 0.139. The average Bonchev–Trinajstić information content (AvgIpc) is 2.96. The van der Waals surface area contributed by atoms with Crippen LogP contribution in [0.3, 0.4) is 0 Å². The maximum atomic E-state index is 12.5. The molecule has 0 amide bonds. The van der Waals surface area contributed by atoms with Crippen molar-refractivity contribution >= 4 is 10.0 Å². The van der Waals surface area contributed by atoms with Crippen molar-refractivity contribution in [2.24, 2.45) is 5.73 Å². The van der Waals surface area contributed by atoms with Crippen LogP contribution in [0, 0.1) is 0 Å². The fourth-order valence-corrected chi connectivity index (χ4v) is 3.67. The zero-order valence-electron chi connectivity index (χ0n) is 12.1. The van der Waals surface area contributed by atoms with Crippen LogP contribution in [0.4, 0.5) is 0 Å². The molecule has 0 aliphatic carbocycles. The van der Waals surface area contributed by atoms with Crippen LogP contribution >= 0.6 is 0 Å². The number of rotatable bonds is 5. The topological polar surface area (TPSA) is 84.5 Å². The Hall–Kier alpha value is -0.960. The second-order valence-corrected chi connectivity index (χ2v) is 6.95. The molecule has 1 saturated heterocycles. The maximum absolute atomic E-state index is 12.5. The second kappa shape index (κ2) is 6.21. The number of nitrogens with zero attached hydrogens (tertiary/aromatic N) is 4. The van der Waals surface area contributed by atoms with Crippen LogP contribution < -0.4 is 5.73 Å². The van der Waals surface area contributed by atoms with E-state index in [1.165, 1.54) is 4.31 Å². The summed E-state index contributed by atoms with van der Waals surface area (Å²) in [5.74, 6) is 0. The summed E-state index contributed by atoms with van der Waals surface area (Å²) >= 11 is 0. The molecular weight excluding hydrogens is 278 g/mol. The highest BCUT2D eigenvalue weighted by atomic mass is 32.2. The van der Waals surface area contributed by atoms with Gasteiger partial charge in [0.1, 0.15) is 0 Å². The van der Waals surface area contributed by atoms with E-state index in [9.17, 15) is 8.42 Å². The Morgan fingerprint density at radius 1 is 1.35 bits per heavy atom. The van der Waals surface area contributed by atoms with Crippen LogP contribution in [-0.4, -0.2) is 65.9 Å². The number of hydrogen-bond donors (Lipinski definition) is 1. The summed E-state index contributed by atoms with van der Waals surface area (Å²) in [5, 5.41) is 0.139. The van der Waals surface area contributed by atoms with E-state index in [4.69, 9.17) is 5.73 Å². The van der Waals surface area contributed by atoms with Crippen molar-refractivity contribution in [2.45, 2.75) is 31.5 Å². The number of nitrogens with two attached hydrogens (primary N) is 1. The molecule has 1 fully saturated rings. The van der Waals surface area contributed by atoms with Crippen LogP contribution in [0.1, 0.15) is 13.8 Å².